The van der Waals surface area contributed by atoms with Crippen molar-refractivity contribution in [1.29, 1.82) is 0 Å². The summed E-state index contributed by atoms with van der Waals surface area (Å²) in [5.41, 5.74) is 0.362. The number of thioether (sulfide) groups is 1. The number of ether oxygens (including phenoxy) is 1. The second kappa shape index (κ2) is 10.5. The Balaban J connectivity index is 1.45. The summed E-state index contributed by atoms with van der Waals surface area (Å²) in [7, 11) is -3.29. The molecule has 1 aliphatic heterocycles. The Labute approximate surface area is 207 Å². The number of benzene rings is 2. The Morgan fingerprint density at radius 3 is 2.26 bits per heavy atom. The van der Waals surface area contributed by atoms with E-state index in [1.807, 2.05) is 18.7 Å². The SMILES string of the molecule is CCN(CC)c1ncc([N+](=O)[O-])c(Nc2ccc(Oc3ccc(S(=O)(=O)C[C@@H]4CS4)cc3)cc2)n1. The quantitative estimate of drug-likeness (QED) is 0.219. The first-order valence-corrected chi connectivity index (χ1v) is 13.7. The van der Waals surface area contributed by atoms with Gasteiger partial charge in [0, 0.05) is 29.8 Å². The maximum atomic E-state index is 12.4. The molecule has 1 saturated heterocycles. The van der Waals surface area contributed by atoms with Gasteiger partial charge in [-0.05, 0) is 62.4 Å². The first-order valence-electron chi connectivity index (χ1n) is 11.0. The van der Waals surface area contributed by atoms with Crippen LogP contribution in [0.25, 0.3) is 0 Å². The van der Waals surface area contributed by atoms with Crippen LogP contribution in [0.5, 0.6) is 11.5 Å². The molecule has 35 heavy (non-hydrogen) atoms. The van der Waals surface area contributed by atoms with Crippen LogP contribution in [0.3, 0.4) is 0 Å². The molecule has 0 saturated carbocycles. The zero-order valence-electron chi connectivity index (χ0n) is 19.2. The number of anilines is 3. The largest absolute Gasteiger partial charge is 0.457 e. The highest BCUT2D eigenvalue weighted by Crippen LogP contribution is 2.33. The highest BCUT2D eigenvalue weighted by Gasteiger charge is 2.30. The summed E-state index contributed by atoms with van der Waals surface area (Å²) >= 11 is 1.65. The van der Waals surface area contributed by atoms with Gasteiger partial charge in [-0.3, -0.25) is 10.1 Å². The molecule has 4 rings (SSSR count). The molecule has 0 radical (unpaired) electrons. The number of rotatable bonds is 11. The van der Waals surface area contributed by atoms with Gasteiger partial charge in [-0.25, -0.2) is 13.4 Å². The molecule has 3 aromatic rings. The topological polar surface area (TPSA) is 128 Å². The van der Waals surface area contributed by atoms with Gasteiger partial charge in [-0.1, -0.05) is 0 Å². The van der Waals surface area contributed by atoms with Crippen LogP contribution in [-0.4, -0.2) is 53.2 Å². The van der Waals surface area contributed by atoms with Crippen LogP contribution in [0, 0.1) is 10.1 Å². The van der Waals surface area contributed by atoms with Crippen LogP contribution in [-0.2, 0) is 9.84 Å². The van der Waals surface area contributed by atoms with Crippen molar-refractivity contribution in [3.8, 4) is 11.5 Å². The molecule has 10 nitrogen and oxygen atoms in total. The molecule has 1 N–H and O–H groups in total. The minimum absolute atomic E-state index is 0.0990. The first kappa shape index (κ1) is 24.7. The lowest BCUT2D eigenvalue weighted by Gasteiger charge is -2.19. The predicted molar refractivity (Wildman–Crippen MR) is 137 cm³/mol. The molecule has 0 aliphatic carbocycles. The second-order valence-electron chi connectivity index (χ2n) is 7.79. The van der Waals surface area contributed by atoms with E-state index in [0.717, 1.165) is 5.75 Å². The maximum Gasteiger partial charge on any atom is 0.329 e. The van der Waals surface area contributed by atoms with Crippen molar-refractivity contribution < 1.29 is 18.1 Å². The fraction of sp³-hybridized carbons (Fsp3) is 0.304. The standard InChI is InChI=1S/C23H25N5O5S2/c1-3-27(4-2)23-24-13-21(28(29)30)22(26-23)25-16-5-7-17(8-6-16)33-18-9-11-20(12-10-18)35(31,32)15-19-14-34-19/h5-13,19H,3-4,14-15H2,1-2H3,(H,24,25,26)/t19-/m0/s1. The van der Waals surface area contributed by atoms with Gasteiger partial charge >= 0.3 is 5.69 Å². The summed E-state index contributed by atoms with van der Waals surface area (Å²) in [5, 5.41) is 14.6. The minimum atomic E-state index is -3.29. The molecule has 2 aromatic carbocycles. The van der Waals surface area contributed by atoms with E-state index in [-0.39, 0.29) is 27.4 Å². The van der Waals surface area contributed by atoms with E-state index in [1.165, 1.54) is 6.20 Å². The van der Waals surface area contributed by atoms with Gasteiger partial charge in [0.25, 0.3) is 0 Å². The lowest BCUT2D eigenvalue weighted by molar-refractivity contribution is -0.384. The number of nitrogens with zero attached hydrogens (tertiary/aromatic N) is 4. The van der Waals surface area contributed by atoms with Gasteiger partial charge in [-0.2, -0.15) is 16.7 Å². The Hall–Kier alpha value is -3.38. The van der Waals surface area contributed by atoms with Gasteiger partial charge < -0.3 is 15.0 Å². The summed E-state index contributed by atoms with van der Waals surface area (Å²) in [5.74, 6) is 2.59. The molecule has 1 aromatic heterocycles. The van der Waals surface area contributed by atoms with E-state index in [4.69, 9.17) is 4.74 Å². The molecule has 1 atom stereocenters. The summed E-state index contributed by atoms with van der Waals surface area (Å²) in [6, 6.07) is 13.2. The van der Waals surface area contributed by atoms with Crippen LogP contribution in [0.15, 0.2) is 59.6 Å². The number of hydrogen-bond acceptors (Lipinski definition) is 10. The molecular weight excluding hydrogens is 490 g/mol. The number of sulfone groups is 1. The van der Waals surface area contributed by atoms with Crippen LogP contribution in [0.2, 0.25) is 0 Å². The van der Waals surface area contributed by atoms with Crippen LogP contribution in [0.4, 0.5) is 23.1 Å². The molecule has 1 fully saturated rings. The van der Waals surface area contributed by atoms with Crippen LogP contribution in [0.1, 0.15) is 13.8 Å². The summed E-state index contributed by atoms with van der Waals surface area (Å²) < 4.78 is 30.6. The first-order chi connectivity index (χ1) is 16.8. The third-order valence-corrected chi connectivity index (χ3v) is 8.36. The lowest BCUT2D eigenvalue weighted by Crippen LogP contribution is -2.24. The average Bonchev–Trinajstić information content (AvgIpc) is 3.65. The van der Waals surface area contributed by atoms with E-state index in [1.54, 1.807) is 60.3 Å². The highest BCUT2D eigenvalue weighted by molar-refractivity contribution is 8.08. The van der Waals surface area contributed by atoms with E-state index in [2.05, 4.69) is 15.3 Å². The van der Waals surface area contributed by atoms with Gasteiger partial charge in [0.05, 0.1) is 15.6 Å². The van der Waals surface area contributed by atoms with Gasteiger partial charge in [0.15, 0.2) is 9.84 Å². The van der Waals surface area contributed by atoms with Crippen molar-refractivity contribution in [2.45, 2.75) is 24.0 Å². The van der Waals surface area contributed by atoms with E-state index in [0.29, 0.717) is 36.2 Å². The van der Waals surface area contributed by atoms with Gasteiger partial charge in [0.2, 0.25) is 11.8 Å². The van der Waals surface area contributed by atoms with Crippen molar-refractivity contribution in [3.63, 3.8) is 0 Å². The smallest absolute Gasteiger partial charge is 0.329 e. The Morgan fingerprint density at radius 1 is 1.11 bits per heavy atom. The van der Waals surface area contributed by atoms with Crippen molar-refractivity contribution in [2.24, 2.45) is 0 Å². The van der Waals surface area contributed by atoms with Crippen LogP contribution < -0.4 is 15.0 Å². The zero-order valence-corrected chi connectivity index (χ0v) is 20.9. The summed E-state index contributed by atoms with van der Waals surface area (Å²) in [4.78, 5) is 21.6. The highest BCUT2D eigenvalue weighted by atomic mass is 32.2. The van der Waals surface area contributed by atoms with Crippen molar-refractivity contribution in [2.75, 3.05) is 34.8 Å². The van der Waals surface area contributed by atoms with Gasteiger partial charge in [0.1, 0.15) is 17.7 Å². The minimum Gasteiger partial charge on any atom is -0.457 e. The van der Waals surface area contributed by atoms with E-state index < -0.39 is 14.8 Å². The molecule has 0 amide bonds. The number of aromatic nitrogens is 2. The lowest BCUT2D eigenvalue weighted by atomic mass is 10.3. The molecule has 0 bridgehead atoms. The Bertz CT molecular complexity index is 1290. The van der Waals surface area contributed by atoms with E-state index in [9.17, 15) is 18.5 Å². The second-order valence-corrected chi connectivity index (χ2v) is 11.2. The van der Waals surface area contributed by atoms with Crippen LogP contribution >= 0.6 is 11.8 Å². The molecule has 1 aliphatic rings. The fourth-order valence-corrected chi connectivity index (χ4v) is 6.03. The number of nitrogens with one attached hydrogen (secondary N) is 1. The maximum absolute atomic E-state index is 12.4. The number of hydrogen-bond donors (Lipinski definition) is 1. The fourth-order valence-electron chi connectivity index (χ4n) is 3.35. The molecule has 12 heteroatoms. The predicted octanol–water partition coefficient (Wildman–Crippen LogP) is 4.66. The Morgan fingerprint density at radius 2 is 1.71 bits per heavy atom. The molecule has 0 unspecified atom stereocenters. The summed E-state index contributed by atoms with van der Waals surface area (Å²) in [6.07, 6.45) is 1.20. The number of nitro groups is 1. The zero-order chi connectivity index (χ0) is 25.0. The van der Waals surface area contributed by atoms with Gasteiger partial charge in [-0.15, -0.1) is 0 Å². The van der Waals surface area contributed by atoms with E-state index >= 15 is 0 Å². The summed E-state index contributed by atoms with van der Waals surface area (Å²) in [6.45, 7) is 5.26. The van der Waals surface area contributed by atoms with Crippen molar-refractivity contribution >= 4 is 44.7 Å². The third-order valence-electron chi connectivity index (χ3n) is 5.34. The monoisotopic (exact) mass is 515 g/mol. The van der Waals surface area contributed by atoms with Crippen molar-refractivity contribution in [1.82, 2.24) is 9.97 Å². The third kappa shape index (κ3) is 6.20. The molecule has 184 valence electrons. The van der Waals surface area contributed by atoms with Crippen molar-refractivity contribution in [3.05, 3.63) is 64.8 Å². The molecule has 2 heterocycles. The molecule has 0 spiro atoms. The normalized spacial score (nSPS) is 14.9. The average molecular weight is 516 g/mol. The Kier molecular flexibility index (Phi) is 7.41. The molecular formula is C23H25N5O5S2.